The Balaban J connectivity index is 4.10. The van der Waals surface area contributed by atoms with E-state index in [4.69, 9.17) is 5.11 Å². The molecule has 0 amide bonds. The van der Waals surface area contributed by atoms with E-state index in [-0.39, 0.29) is 0 Å². The van der Waals surface area contributed by atoms with Crippen LogP contribution in [0.1, 0.15) is 20.3 Å². The van der Waals surface area contributed by atoms with Crippen molar-refractivity contribution in [1.29, 1.82) is 0 Å². The molecule has 0 spiro atoms. The second-order valence-electron chi connectivity index (χ2n) is 2.58. The standard InChI is InChI=1S/C6H14N2O4S/c1-3-4-7-13(11,12)8-5(2)6(9)10/h5,7-8H,3-4H2,1-2H3,(H,9,10). The van der Waals surface area contributed by atoms with Gasteiger partial charge in [0, 0.05) is 6.54 Å². The molecule has 0 aliphatic carbocycles. The van der Waals surface area contributed by atoms with Crippen molar-refractivity contribution in [2.45, 2.75) is 26.3 Å². The zero-order valence-corrected chi connectivity index (χ0v) is 8.39. The van der Waals surface area contributed by atoms with Gasteiger partial charge < -0.3 is 5.11 Å². The van der Waals surface area contributed by atoms with Gasteiger partial charge in [-0.15, -0.1) is 0 Å². The maximum absolute atomic E-state index is 11.0. The number of carbonyl (C=O) groups is 1. The fourth-order valence-corrected chi connectivity index (χ4v) is 1.68. The largest absolute Gasteiger partial charge is 0.480 e. The van der Waals surface area contributed by atoms with E-state index >= 15 is 0 Å². The summed E-state index contributed by atoms with van der Waals surface area (Å²) in [4.78, 5) is 10.3. The van der Waals surface area contributed by atoms with Gasteiger partial charge in [0.1, 0.15) is 6.04 Å². The third-order valence-corrected chi connectivity index (χ3v) is 2.49. The molecule has 0 aromatic carbocycles. The molecular weight excluding hydrogens is 196 g/mol. The van der Waals surface area contributed by atoms with Crippen LogP contribution in [0.3, 0.4) is 0 Å². The Bertz CT molecular complexity index is 262. The average molecular weight is 210 g/mol. The van der Waals surface area contributed by atoms with E-state index in [0.717, 1.165) is 0 Å². The summed E-state index contributed by atoms with van der Waals surface area (Å²) in [5, 5.41) is 8.42. The first-order valence-corrected chi connectivity index (χ1v) is 5.37. The summed E-state index contributed by atoms with van der Waals surface area (Å²) >= 11 is 0. The Morgan fingerprint density at radius 1 is 1.54 bits per heavy atom. The van der Waals surface area contributed by atoms with Crippen molar-refractivity contribution >= 4 is 16.2 Å². The zero-order valence-electron chi connectivity index (χ0n) is 7.57. The number of nitrogens with one attached hydrogen (secondary N) is 2. The highest BCUT2D eigenvalue weighted by atomic mass is 32.2. The normalized spacial score (nSPS) is 14.0. The SMILES string of the molecule is CCCNS(=O)(=O)NC(C)C(=O)O. The molecule has 78 valence electrons. The molecule has 0 radical (unpaired) electrons. The number of aliphatic carboxylic acids is 1. The molecule has 0 bridgehead atoms. The summed E-state index contributed by atoms with van der Waals surface area (Å²) in [6.07, 6.45) is 0.655. The van der Waals surface area contributed by atoms with E-state index in [2.05, 4.69) is 4.72 Å². The Morgan fingerprint density at radius 3 is 2.46 bits per heavy atom. The van der Waals surface area contributed by atoms with E-state index < -0.39 is 22.2 Å². The summed E-state index contributed by atoms with van der Waals surface area (Å²) in [5.74, 6) is -1.21. The van der Waals surface area contributed by atoms with Crippen molar-refractivity contribution in [3.05, 3.63) is 0 Å². The first kappa shape index (κ1) is 12.3. The topological polar surface area (TPSA) is 95.5 Å². The third-order valence-electron chi connectivity index (χ3n) is 1.24. The van der Waals surface area contributed by atoms with Crippen LogP contribution < -0.4 is 9.44 Å². The van der Waals surface area contributed by atoms with Crippen LogP contribution in [0.5, 0.6) is 0 Å². The van der Waals surface area contributed by atoms with Crippen LogP contribution in [-0.4, -0.2) is 32.1 Å². The first-order valence-electron chi connectivity index (χ1n) is 3.88. The van der Waals surface area contributed by atoms with Crippen molar-refractivity contribution in [3.8, 4) is 0 Å². The summed E-state index contributed by atoms with van der Waals surface area (Å²) < 4.78 is 26.2. The fourth-order valence-electron chi connectivity index (χ4n) is 0.561. The molecule has 0 aliphatic heterocycles. The highest BCUT2D eigenvalue weighted by Gasteiger charge is 2.18. The van der Waals surface area contributed by atoms with E-state index in [9.17, 15) is 13.2 Å². The van der Waals surface area contributed by atoms with Crippen LogP contribution in [0.4, 0.5) is 0 Å². The summed E-state index contributed by atoms with van der Waals surface area (Å²) in [6.45, 7) is 3.36. The summed E-state index contributed by atoms with van der Waals surface area (Å²) in [5.41, 5.74) is 0. The van der Waals surface area contributed by atoms with E-state index in [0.29, 0.717) is 13.0 Å². The fraction of sp³-hybridized carbons (Fsp3) is 0.833. The number of hydrogen-bond donors (Lipinski definition) is 3. The molecule has 1 unspecified atom stereocenters. The molecule has 0 aliphatic rings. The van der Waals surface area contributed by atoms with E-state index in [1.807, 2.05) is 11.6 Å². The predicted molar refractivity (Wildman–Crippen MR) is 47.4 cm³/mol. The van der Waals surface area contributed by atoms with E-state index in [1.165, 1.54) is 6.92 Å². The van der Waals surface area contributed by atoms with Crippen LogP contribution in [-0.2, 0) is 15.0 Å². The molecule has 0 aromatic heterocycles. The predicted octanol–water partition coefficient (Wildman–Crippen LogP) is -0.706. The Hall–Kier alpha value is -0.660. The third kappa shape index (κ3) is 5.56. The number of rotatable bonds is 6. The van der Waals surface area contributed by atoms with Gasteiger partial charge in [0.05, 0.1) is 0 Å². The van der Waals surface area contributed by atoms with Crippen molar-refractivity contribution in [2.24, 2.45) is 0 Å². The lowest BCUT2D eigenvalue weighted by atomic mass is 10.4. The average Bonchev–Trinajstić information content (AvgIpc) is 2.00. The maximum Gasteiger partial charge on any atom is 0.321 e. The number of hydrogen-bond acceptors (Lipinski definition) is 3. The second kappa shape index (κ2) is 5.15. The Labute approximate surface area is 77.5 Å². The van der Waals surface area contributed by atoms with Crippen LogP contribution in [0.25, 0.3) is 0 Å². The Morgan fingerprint density at radius 2 is 2.08 bits per heavy atom. The van der Waals surface area contributed by atoms with Crippen molar-refractivity contribution in [1.82, 2.24) is 9.44 Å². The van der Waals surface area contributed by atoms with E-state index in [1.54, 1.807) is 0 Å². The van der Waals surface area contributed by atoms with Crippen LogP contribution in [0.2, 0.25) is 0 Å². The van der Waals surface area contributed by atoms with Crippen molar-refractivity contribution < 1.29 is 18.3 Å². The second-order valence-corrected chi connectivity index (χ2v) is 4.11. The van der Waals surface area contributed by atoms with Gasteiger partial charge in [0.2, 0.25) is 0 Å². The smallest absolute Gasteiger partial charge is 0.321 e. The molecule has 6 nitrogen and oxygen atoms in total. The van der Waals surface area contributed by atoms with Gasteiger partial charge in [0.15, 0.2) is 0 Å². The maximum atomic E-state index is 11.0. The van der Waals surface area contributed by atoms with Gasteiger partial charge in [-0.2, -0.15) is 13.1 Å². The monoisotopic (exact) mass is 210 g/mol. The Kier molecular flexibility index (Phi) is 4.89. The summed E-state index contributed by atoms with van der Waals surface area (Å²) in [7, 11) is -3.67. The molecule has 0 heterocycles. The summed E-state index contributed by atoms with van der Waals surface area (Å²) in [6, 6.07) is -1.12. The lowest BCUT2D eigenvalue weighted by Gasteiger charge is -2.10. The molecule has 0 aromatic rings. The highest BCUT2D eigenvalue weighted by molar-refractivity contribution is 7.87. The molecule has 1 atom stereocenters. The highest BCUT2D eigenvalue weighted by Crippen LogP contribution is 1.86. The van der Waals surface area contributed by atoms with Crippen LogP contribution in [0.15, 0.2) is 0 Å². The lowest BCUT2D eigenvalue weighted by molar-refractivity contribution is -0.138. The number of carboxylic acids is 1. The van der Waals surface area contributed by atoms with Crippen LogP contribution >= 0.6 is 0 Å². The van der Waals surface area contributed by atoms with Gasteiger partial charge in [-0.25, -0.2) is 4.72 Å². The molecule has 3 N–H and O–H groups in total. The minimum atomic E-state index is -3.67. The van der Waals surface area contributed by atoms with Gasteiger partial charge in [-0.05, 0) is 13.3 Å². The van der Waals surface area contributed by atoms with Gasteiger partial charge in [0.25, 0.3) is 10.2 Å². The molecule has 0 saturated heterocycles. The number of carboxylic acid groups (broad SMARTS) is 1. The molecule has 13 heavy (non-hydrogen) atoms. The van der Waals surface area contributed by atoms with Crippen molar-refractivity contribution in [3.63, 3.8) is 0 Å². The van der Waals surface area contributed by atoms with Gasteiger partial charge in [-0.3, -0.25) is 4.79 Å². The minimum Gasteiger partial charge on any atom is -0.480 e. The molecular formula is C6H14N2O4S. The molecule has 0 fully saturated rings. The van der Waals surface area contributed by atoms with Crippen LogP contribution in [0, 0.1) is 0 Å². The first-order chi connectivity index (χ1) is 5.89. The van der Waals surface area contributed by atoms with Gasteiger partial charge >= 0.3 is 5.97 Å². The molecule has 0 saturated carbocycles. The quantitative estimate of drug-likeness (QED) is 0.540. The molecule has 0 rings (SSSR count). The minimum absolute atomic E-state index is 0.293. The van der Waals surface area contributed by atoms with Gasteiger partial charge in [-0.1, -0.05) is 6.92 Å². The zero-order chi connectivity index (χ0) is 10.5. The van der Waals surface area contributed by atoms with Crippen molar-refractivity contribution in [2.75, 3.05) is 6.54 Å². The lowest BCUT2D eigenvalue weighted by Crippen LogP contribution is -2.45. The molecule has 7 heteroatoms.